The van der Waals surface area contributed by atoms with Crippen LogP contribution in [-0.2, 0) is 9.53 Å². The summed E-state index contributed by atoms with van der Waals surface area (Å²) in [6.45, 7) is 2.26. The van der Waals surface area contributed by atoms with E-state index < -0.39 is 0 Å². The minimum atomic E-state index is 0.151. The van der Waals surface area contributed by atoms with Gasteiger partial charge in [0.15, 0.2) is 0 Å². The van der Waals surface area contributed by atoms with Crippen molar-refractivity contribution in [3.8, 4) is 0 Å². The van der Waals surface area contributed by atoms with Crippen molar-refractivity contribution in [3.63, 3.8) is 0 Å². The zero-order valence-corrected chi connectivity index (χ0v) is 8.80. The molecular formula is C9H20N2O2. The highest BCUT2D eigenvalue weighted by Gasteiger charge is 2.06. The van der Waals surface area contributed by atoms with Gasteiger partial charge in [-0.1, -0.05) is 0 Å². The Labute approximate surface area is 80.2 Å². The molecule has 0 aromatic carbocycles. The second kappa shape index (κ2) is 8.01. The Bertz CT molecular complexity index is 140. The normalized spacial score (nSPS) is 10.1. The number of amides is 1. The van der Waals surface area contributed by atoms with E-state index in [-0.39, 0.29) is 5.91 Å². The monoisotopic (exact) mass is 188 g/mol. The largest absolute Gasteiger partial charge is 0.384 e. The lowest BCUT2D eigenvalue weighted by Gasteiger charge is -2.16. The second-order valence-corrected chi connectivity index (χ2v) is 3.02. The molecule has 4 heteroatoms. The van der Waals surface area contributed by atoms with Crippen LogP contribution >= 0.6 is 0 Å². The predicted octanol–water partition coefficient (Wildman–Crippen LogP) is 0.0908. The highest BCUT2D eigenvalue weighted by molar-refractivity contribution is 5.75. The van der Waals surface area contributed by atoms with Crippen LogP contribution < -0.4 is 5.32 Å². The van der Waals surface area contributed by atoms with Gasteiger partial charge in [0.05, 0.1) is 13.0 Å². The van der Waals surface area contributed by atoms with Gasteiger partial charge in [-0.2, -0.15) is 0 Å². The smallest absolute Gasteiger partial charge is 0.224 e. The molecule has 0 radical (unpaired) electrons. The summed E-state index contributed by atoms with van der Waals surface area (Å²) in [4.78, 5) is 13.1. The maximum atomic E-state index is 11.3. The van der Waals surface area contributed by atoms with E-state index in [0.29, 0.717) is 13.0 Å². The van der Waals surface area contributed by atoms with E-state index >= 15 is 0 Å². The van der Waals surface area contributed by atoms with E-state index in [1.54, 1.807) is 12.0 Å². The number of nitrogens with one attached hydrogen (secondary N) is 1. The van der Waals surface area contributed by atoms with Gasteiger partial charge in [-0.25, -0.2) is 0 Å². The third-order valence-electron chi connectivity index (χ3n) is 1.87. The Hall–Kier alpha value is -0.610. The summed E-state index contributed by atoms with van der Waals surface area (Å²) in [5.74, 6) is 0.151. The number of methoxy groups -OCH3 is 1. The predicted molar refractivity (Wildman–Crippen MR) is 52.7 cm³/mol. The second-order valence-electron chi connectivity index (χ2n) is 3.02. The van der Waals surface area contributed by atoms with Gasteiger partial charge in [-0.3, -0.25) is 4.79 Å². The van der Waals surface area contributed by atoms with Crippen molar-refractivity contribution >= 4 is 5.91 Å². The average molecular weight is 188 g/mol. The molecule has 0 unspecified atom stereocenters. The summed E-state index contributed by atoms with van der Waals surface area (Å²) in [6.07, 6.45) is 1.47. The molecular weight excluding hydrogens is 168 g/mol. The quantitative estimate of drug-likeness (QED) is 0.576. The lowest BCUT2D eigenvalue weighted by molar-refractivity contribution is -0.130. The van der Waals surface area contributed by atoms with Crippen LogP contribution in [0.4, 0.5) is 0 Å². The van der Waals surface area contributed by atoms with E-state index in [1.165, 1.54) is 0 Å². The van der Waals surface area contributed by atoms with Crippen molar-refractivity contribution in [1.29, 1.82) is 0 Å². The van der Waals surface area contributed by atoms with Crippen LogP contribution in [0.2, 0.25) is 0 Å². The number of hydrogen-bond acceptors (Lipinski definition) is 3. The van der Waals surface area contributed by atoms with Gasteiger partial charge in [-0.15, -0.1) is 0 Å². The van der Waals surface area contributed by atoms with Crippen LogP contribution in [0.15, 0.2) is 0 Å². The summed E-state index contributed by atoms with van der Waals surface area (Å²) in [5, 5.41) is 3.04. The van der Waals surface area contributed by atoms with Gasteiger partial charge in [-0.05, 0) is 20.0 Å². The SMILES string of the molecule is CNCCCN(C)C(=O)CCOC. The minimum absolute atomic E-state index is 0.151. The van der Waals surface area contributed by atoms with Crippen LogP contribution in [0, 0.1) is 0 Å². The van der Waals surface area contributed by atoms with Crippen LogP contribution in [0.1, 0.15) is 12.8 Å². The number of hydrogen-bond donors (Lipinski definition) is 1. The number of rotatable bonds is 7. The van der Waals surface area contributed by atoms with Gasteiger partial charge in [0.25, 0.3) is 0 Å². The molecule has 0 fully saturated rings. The number of ether oxygens (including phenoxy) is 1. The highest BCUT2D eigenvalue weighted by atomic mass is 16.5. The van der Waals surface area contributed by atoms with E-state index in [2.05, 4.69) is 5.32 Å². The molecule has 1 N–H and O–H groups in total. The number of carbonyl (C=O) groups excluding carboxylic acids is 1. The molecule has 0 aromatic rings. The molecule has 0 atom stereocenters. The molecule has 0 heterocycles. The molecule has 0 aliphatic carbocycles. The molecule has 0 bridgehead atoms. The van der Waals surface area contributed by atoms with Crippen molar-refractivity contribution in [2.24, 2.45) is 0 Å². The summed E-state index contributed by atoms with van der Waals surface area (Å²) >= 11 is 0. The van der Waals surface area contributed by atoms with Gasteiger partial charge < -0.3 is 15.0 Å². The maximum absolute atomic E-state index is 11.3. The van der Waals surface area contributed by atoms with E-state index in [9.17, 15) is 4.79 Å². The van der Waals surface area contributed by atoms with Crippen LogP contribution in [0.5, 0.6) is 0 Å². The Morgan fingerprint density at radius 1 is 1.54 bits per heavy atom. The Morgan fingerprint density at radius 2 is 2.23 bits per heavy atom. The fraction of sp³-hybridized carbons (Fsp3) is 0.889. The van der Waals surface area contributed by atoms with E-state index in [4.69, 9.17) is 4.74 Å². The fourth-order valence-electron chi connectivity index (χ4n) is 0.998. The van der Waals surface area contributed by atoms with Crippen molar-refractivity contribution in [3.05, 3.63) is 0 Å². The van der Waals surface area contributed by atoms with Gasteiger partial charge in [0.2, 0.25) is 5.91 Å². The lowest BCUT2D eigenvalue weighted by Crippen LogP contribution is -2.29. The molecule has 0 aliphatic rings. The fourth-order valence-corrected chi connectivity index (χ4v) is 0.998. The molecule has 4 nitrogen and oxygen atoms in total. The first-order valence-corrected chi connectivity index (χ1v) is 4.60. The third kappa shape index (κ3) is 6.54. The number of carbonyl (C=O) groups is 1. The summed E-state index contributed by atoms with van der Waals surface area (Å²) in [5.41, 5.74) is 0. The van der Waals surface area contributed by atoms with Crippen molar-refractivity contribution in [1.82, 2.24) is 10.2 Å². The zero-order chi connectivity index (χ0) is 10.1. The summed E-state index contributed by atoms with van der Waals surface area (Å²) in [7, 11) is 5.34. The van der Waals surface area contributed by atoms with Gasteiger partial charge in [0.1, 0.15) is 0 Å². The van der Waals surface area contributed by atoms with Crippen molar-refractivity contribution < 1.29 is 9.53 Å². The molecule has 13 heavy (non-hydrogen) atoms. The molecule has 0 spiro atoms. The van der Waals surface area contributed by atoms with Crippen LogP contribution in [0.25, 0.3) is 0 Å². The van der Waals surface area contributed by atoms with Gasteiger partial charge in [0, 0.05) is 20.7 Å². The molecule has 0 aromatic heterocycles. The van der Waals surface area contributed by atoms with Crippen LogP contribution in [0.3, 0.4) is 0 Å². The summed E-state index contributed by atoms with van der Waals surface area (Å²) in [6, 6.07) is 0. The Morgan fingerprint density at radius 3 is 2.77 bits per heavy atom. The first-order chi connectivity index (χ1) is 6.22. The van der Waals surface area contributed by atoms with Crippen molar-refractivity contribution in [2.75, 3.05) is 40.9 Å². The van der Waals surface area contributed by atoms with Crippen LogP contribution in [-0.4, -0.2) is 51.7 Å². The molecule has 1 amide bonds. The molecule has 0 aliphatic heterocycles. The minimum Gasteiger partial charge on any atom is -0.384 e. The van der Waals surface area contributed by atoms with E-state index in [0.717, 1.165) is 19.5 Å². The Kier molecular flexibility index (Phi) is 7.63. The standard InChI is InChI=1S/C9H20N2O2/c1-10-6-4-7-11(2)9(12)5-8-13-3/h10H,4-8H2,1-3H3. The molecule has 0 rings (SSSR count). The molecule has 0 saturated heterocycles. The zero-order valence-electron chi connectivity index (χ0n) is 8.80. The molecule has 0 saturated carbocycles. The average Bonchev–Trinajstić information content (AvgIpc) is 2.14. The summed E-state index contributed by atoms with van der Waals surface area (Å²) < 4.78 is 4.83. The van der Waals surface area contributed by atoms with Crippen molar-refractivity contribution in [2.45, 2.75) is 12.8 Å². The Balaban J connectivity index is 3.45. The van der Waals surface area contributed by atoms with Gasteiger partial charge >= 0.3 is 0 Å². The van der Waals surface area contributed by atoms with E-state index in [1.807, 2.05) is 14.1 Å². The highest BCUT2D eigenvalue weighted by Crippen LogP contribution is 1.92. The lowest BCUT2D eigenvalue weighted by atomic mass is 10.3. The number of nitrogens with zero attached hydrogens (tertiary/aromatic N) is 1. The topological polar surface area (TPSA) is 41.6 Å². The third-order valence-corrected chi connectivity index (χ3v) is 1.87. The molecule has 78 valence electrons. The first-order valence-electron chi connectivity index (χ1n) is 4.60. The maximum Gasteiger partial charge on any atom is 0.224 e. The first kappa shape index (κ1) is 12.4.